The molecule has 1 aromatic carbocycles. The molecule has 11 nitrogen and oxygen atoms in total. The molecule has 5 atom stereocenters. The summed E-state index contributed by atoms with van der Waals surface area (Å²) in [6.45, 7) is 8.46. The van der Waals surface area contributed by atoms with Gasteiger partial charge in [-0.1, -0.05) is 12.2 Å². The summed E-state index contributed by atoms with van der Waals surface area (Å²) in [5.41, 5.74) is 1.000. The lowest BCUT2D eigenvalue weighted by Crippen LogP contribution is -2.62. The lowest BCUT2D eigenvalue weighted by atomic mass is 9.99. The quantitative estimate of drug-likeness (QED) is 0.303. The van der Waals surface area contributed by atoms with Crippen LogP contribution in [0.15, 0.2) is 47.6 Å². The molecular weight excluding hydrogens is 486 g/mol. The standard InChI is InChI=1S/C26H29NO10/c1-7-8-20-13(2)24(31)27(25(20)32)18-9-11-19(12-10-18)37-26-23(36-17(6)30)22(35-16(5)29)21(14(3)33-26)34-15(4)28/h7-12,14,21-23,26H,1-6H3. The van der Waals surface area contributed by atoms with E-state index in [2.05, 4.69) is 0 Å². The molecule has 1 aromatic rings. The van der Waals surface area contributed by atoms with Crippen LogP contribution in [0.3, 0.4) is 0 Å². The van der Waals surface area contributed by atoms with Gasteiger partial charge in [-0.05, 0) is 45.0 Å². The topological polar surface area (TPSA) is 135 Å². The first-order valence-electron chi connectivity index (χ1n) is 11.6. The Morgan fingerprint density at radius 2 is 1.41 bits per heavy atom. The molecular formula is C26H29NO10. The maximum absolute atomic E-state index is 12.8. The Kier molecular flexibility index (Phi) is 8.49. The second-order valence-corrected chi connectivity index (χ2v) is 8.53. The van der Waals surface area contributed by atoms with Gasteiger partial charge in [0.1, 0.15) is 5.75 Å². The lowest BCUT2D eigenvalue weighted by Gasteiger charge is -2.43. The van der Waals surface area contributed by atoms with Crippen molar-refractivity contribution in [3.63, 3.8) is 0 Å². The molecule has 2 amide bonds. The minimum atomic E-state index is -1.27. The summed E-state index contributed by atoms with van der Waals surface area (Å²) in [4.78, 5) is 61.7. The normalized spacial score (nSPS) is 25.9. The SMILES string of the molecule is CC=CC1=C(C)C(=O)N(c2ccc(OC3OC(C)C(OC(C)=O)C(OC(C)=O)C3OC(C)=O)cc2)C1=O. The second-order valence-electron chi connectivity index (χ2n) is 8.53. The highest BCUT2D eigenvalue weighted by atomic mass is 16.7. The third-order valence-electron chi connectivity index (χ3n) is 5.68. The molecule has 0 N–H and O–H groups in total. The van der Waals surface area contributed by atoms with Gasteiger partial charge in [-0.25, -0.2) is 4.90 Å². The molecule has 1 saturated heterocycles. The number of benzene rings is 1. The van der Waals surface area contributed by atoms with Crippen molar-refractivity contribution in [2.45, 2.75) is 72.2 Å². The third-order valence-corrected chi connectivity index (χ3v) is 5.68. The lowest BCUT2D eigenvalue weighted by molar-refractivity contribution is -0.280. The number of esters is 3. The molecule has 198 valence electrons. The number of amides is 2. The van der Waals surface area contributed by atoms with Crippen LogP contribution in [0.5, 0.6) is 5.75 Å². The van der Waals surface area contributed by atoms with Crippen molar-refractivity contribution in [2.75, 3.05) is 4.90 Å². The Hall–Kier alpha value is -3.99. The van der Waals surface area contributed by atoms with Crippen LogP contribution in [0.25, 0.3) is 0 Å². The molecule has 1 fully saturated rings. The van der Waals surface area contributed by atoms with E-state index in [0.717, 1.165) is 11.8 Å². The van der Waals surface area contributed by atoms with Crippen molar-refractivity contribution in [3.05, 3.63) is 47.6 Å². The van der Waals surface area contributed by atoms with Gasteiger partial charge >= 0.3 is 17.9 Å². The van der Waals surface area contributed by atoms with Crippen molar-refractivity contribution in [3.8, 4) is 5.75 Å². The Balaban J connectivity index is 1.85. The first-order valence-corrected chi connectivity index (χ1v) is 11.6. The number of carbonyl (C=O) groups excluding carboxylic acids is 5. The van der Waals surface area contributed by atoms with E-state index in [-0.39, 0.29) is 5.75 Å². The number of anilines is 1. The highest BCUT2D eigenvalue weighted by molar-refractivity contribution is 6.33. The maximum atomic E-state index is 12.8. The van der Waals surface area contributed by atoms with Crippen LogP contribution in [-0.2, 0) is 42.9 Å². The van der Waals surface area contributed by atoms with Crippen LogP contribution in [0, 0.1) is 0 Å². The summed E-state index contributed by atoms with van der Waals surface area (Å²) >= 11 is 0. The van der Waals surface area contributed by atoms with Crippen LogP contribution in [0.1, 0.15) is 41.5 Å². The molecule has 0 aliphatic carbocycles. The molecule has 2 heterocycles. The average molecular weight is 516 g/mol. The van der Waals surface area contributed by atoms with Gasteiger partial charge < -0.3 is 23.7 Å². The number of carbonyl (C=O) groups is 5. The molecule has 0 spiro atoms. The largest absolute Gasteiger partial charge is 0.461 e. The predicted molar refractivity (Wildman–Crippen MR) is 128 cm³/mol. The van der Waals surface area contributed by atoms with E-state index >= 15 is 0 Å². The minimum absolute atomic E-state index is 0.253. The summed E-state index contributed by atoms with van der Waals surface area (Å²) in [5, 5.41) is 0. The number of rotatable bonds is 7. The van der Waals surface area contributed by atoms with Crippen LogP contribution in [-0.4, -0.2) is 60.4 Å². The van der Waals surface area contributed by atoms with Gasteiger partial charge in [0.15, 0.2) is 12.2 Å². The minimum Gasteiger partial charge on any atom is -0.461 e. The van der Waals surface area contributed by atoms with Gasteiger partial charge in [-0.15, -0.1) is 0 Å². The zero-order chi connectivity index (χ0) is 27.4. The van der Waals surface area contributed by atoms with E-state index in [1.165, 1.54) is 38.1 Å². The fraction of sp³-hybridized carbons (Fsp3) is 0.423. The Morgan fingerprint density at radius 3 is 1.95 bits per heavy atom. The molecule has 0 saturated carbocycles. The molecule has 37 heavy (non-hydrogen) atoms. The first-order chi connectivity index (χ1) is 17.4. The summed E-state index contributed by atoms with van der Waals surface area (Å²) in [5.74, 6) is -2.62. The van der Waals surface area contributed by atoms with Crippen LogP contribution >= 0.6 is 0 Å². The van der Waals surface area contributed by atoms with Crippen molar-refractivity contribution < 1.29 is 47.7 Å². The van der Waals surface area contributed by atoms with Crippen molar-refractivity contribution in [1.82, 2.24) is 0 Å². The zero-order valence-electron chi connectivity index (χ0n) is 21.4. The van der Waals surface area contributed by atoms with Crippen LogP contribution in [0.2, 0.25) is 0 Å². The number of hydrogen-bond donors (Lipinski definition) is 0. The molecule has 2 aliphatic rings. The first kappa shape index (κ1) is 27.6. The molecule has 0 aromatic heterocycles. The van der Waals surface area contributed by atoms with E-state index < -0.39 is 60.4 Å². The van der Waals surface area contributed by atoms with Crippen LogP contribution < -0.4 is 9.64 Å². The highest BCUT2D eigenvalue weighted by Gasteiger charge is 2.51. The van der Waals surface area contributed by atoms with Gasteiger partial charge in [0.2, 0.25) is 12.4 Å². The third kappa shape index (κ3) is 6.05. The molecule has 11 heteroatoms. The maximum Gasteiger partial charge on any atom is 0.303 e. The zero-order valence-corrected chi connectivity index (χ0v) is 21.4. The Labute approximate surface area is 213 Å². The summed E-state index contributed by atoms with van der Waals surface area (Å²) in [6.07, 6.45) is -2.26. The molecule has 2 aliphatic heterocycles. The van der Waals surface area contributed by atoms with Gasteiger partial charge in [0.05, 0.1) is 11.8 Å². The van der Waals surface area contributed by atoms with Crippen molar-refractivity contribution >= 4 is 35.4 Å². The summed E-state index contributed by atoms with van der Waals surface area (Å²) < 4.78 is 27.8. The van der Waals surface area contributed by atoms with Gasteiger partial charge in [-0.3, -0.25) is 24.0 Å². The second kappa shape index (κ2) is 11.4. The van der Waals surface area contributed by atoms with Gasteiger partial charge in [0.25, 0.3) is 11.8 Å². The summed E-state index contributed by atoms with van der Waals surface area (Å²) in [7, 11) is 0. The number of hydrogen-bond acceptors (Lipinski definition) is 10. The smallest absolute Gasteiger partial charge is 0.303 e. The fourth-order valence-corrected chi connectivity index (χ4v) is 4.13. The number of imide groups is 1. The molecule has 5 unspecified atom stereocenters. The Bertz CT molecular complexity index is 1150. The predicted octanol–water partition coefficient (Wildman–Crippen LogP) is 2.37. The molecule has 0 radical (unpaired) electrons. The van der Waals surface area contributed by atoms with Gasteiger partial charge in [0, 0.05) is 31.9 Å². The van der Waals surface area contributed by atoms with Crippen molar-refractivity contribution in [1.29, 1.82) is 0 Å². The molecule has 0 bridgehead atoms. The van der Waals surface area contributed by atoms with Crippen LogP contribution in [0.4, 0.5) is 5.69 Å². The monoisotopic (exact) mass is 515 g/mol. The van der Waals surface area contributed by atoms with E-state index in [0.29, 0.717) is 16.8 Å². The highest BCUT2D eigenvalue weighted by Crippen LogP contribution is 2.32. The number of nitrogens with zero attached hydrogens (tertiary/aromatic N) is 1. The van der Waals surface area contributed by atoms with Gasteiger partial charge in [-0.2, -0.15) is 0 Å². The fourth-order valence-electron chi connectivity index (χ4n) is 4.13. The van der Waals surface area contributed by atoms with E-state index in [4.69, 9.17) is 23.7 Å². The summed E-state index contributed by atoms with van der Waals surface area (Å²) in [6, 6.07) is 6.07. The molecule has 3 rings (SSSR count). The van der Waals surface area contributed by atoms with E-state index in [1.807, 2.05) is 0 Å². The van der Waals surface area contributed by atoms with E-state index in [9.17, 15) is 24.0 Å². The Morgan fingerprint density at radius 1 is 0.865 bits per heavy atom. The number of ether oxygens (including phenoxy) is 5. The van der Waals surface area contributed by atoms with E-state index in [1.54, 1.807) is 32.9 Å². The average Bonchev–Trinajstić information content (AvgIpc) is 3.02. The van der Waals surface area contributed by atoms with Crippen molar-refractivity contribution in [2.24, 2.45) is 0 Å². The number of allylic oxidation sites excluding steroid dienone is 1.